The number of nitrogens with zero attached hydrogens (tertiary/aromatic N) is 1. The van der Waals surface area contributed by atoms with Crippen LogP contribution >= 0.6 is 15.9 Å². The Morgan fingerprint density at radius 1 is 1.22 bits per heavy atom. The number of aliphatic hydroxyl groups is 1. The van der Waals surface area contributed by atoms with Crippen molar-refractivity contribution in [3.8, 4) is 11.6 Å². The van der Waals surface area contributed by atoms with Gasteiger partial charge in [-0.25, -0.2) is 13.8 Å². The lowest BCUT2D eigenvalue weighted by Gasteiger charge is -2.09. The van der Waals surface area contributed by atoms with Gasteiger partial charge in [-0.3, -0.25) is 0 Å². The van der Waals surface area contributed by atoms with Crippen molar-refractivity contribution in [1.29, 1.82) is 0 Å². The summed E-state index contributed by atoms with van der Waals surface area (Å²) >= 11 is 3.19. The zero-order chi connectivity index (χ0) is 13.1. The molecule has 0 spiro atoms. The Morgan fingerprint density at radius 3 is 2.72 bits per heavy atom. The Balaban J connectivity index is 2.36. The van der Waals surface area contributed by atoms with Crippen molar-refractivity contribution in [1.82, 2.24) is 4.98 Å². The van der Waals surface area contributed by atoms with E-state index in [0.717, 1.165) is 18.3 Å². The van der Waals surface area contributed by atoms with Gasteiger partial charge >= 0.3 is 0 Å². The summed E-state index contributed by atoms with van der Waals surface area (Å²) in [7, 11) is 0. The molecule has 0 unspecified atom stereocenters. The number of benzene rings is 1. The van der Waals surface area contributed by atoms with Crippen LogP contribution < -0.4 is 4.74 Å². The van der Waals surface area contributed by atoms with Crippen molar-refractivity contribution in [2.45, 2.75) is 6.61 Å². The Kier molecular flexibility index (Phi) is 3.88. The van der Waals surface area contributed by atoms with Gasteiger partial charge in [0.15, 0.2) is 0 Å². The van der Waals surface area contributed by atoms with Gasteiger partial charge in [0.1, 0.15) is 17.4 Å². The van der Waals surface area contributed by atoms with Gasteiger partial charge in [0.2, 0.25) is 5.88 Å². The molecule has 0 aliphatic carbocycles. The van der Waals surface area contributed by atoms with Gasteiger partial charge in [-0.1, -0.05) is 0 Å². The van der Waals surface area contributed by atoms with Crippen LogP contribution in [-0.4, -0.2) is 10.1 Å². The second-order valence-electron chi connectivity index (χ2n) is 3.45. The summed E-state index contributed by atoms with van der Waals surface area (Å²) in [5.74, 6) is -0.820. The van der Waals surface area contributed by atoms with E-state index in [1.54, 1.807) is 0 Å². The first-order valence-corrected chi connectivity index (χ1v) is 5.77. The normalized spacial score (nSPS) is 10.4. The van der Waals surface area contributed by atoms with E-state index in [2.05, 4.69) is 20.9 Å². The number of aliphatic hydroxyl groups excluding tert-OH is 1. The Labute approximate surface area is 110 Å². The van der Waals surface area contributed by atoms with Crippen molar-refractivity contribution < 1.29 is 18.6 Å². The lowest BCUT2D eigenvalue weighted by atomic mass is 10.3. The molecule has 0 saturated heterocycles. The van der Waals surface area contributed by atoms with Crippen molar-refractivity contribution in [3.05, 3.63) is 52.1 Å². The monoisotopic (exact) mass is 315 g/mol. The van der Waals surface area contributed by atoms with E-state index in [-0.39, 0.29) is 17.2 Å². The number of halogens is 3. The largest absolute Gasteiger partial charge is 0.437 e. The molecule has 1 N–H and O–H groups in total. The fourth-order valence-electron chi connectivity index (χ4n) is 1.33. The third-order valence-corrected chi connectivity index (χ3v) is 2.82. The Morgan fingerprint density at radius 2 is 2.00 bits per heavy atom. The van der Waals surface area contributed by atoms with E-state index >= 15 is 0 Å². The van der Waals surface area contributed by atoms with Gasteiger partial charge < -0.3 is 9.84 Å². The highest BCUT2D eigenvalue weighted by Gasteiger charge is 2.10. The molecule has 0 radical (unpaired) electrons. The van der Waals surface area contributed by atoms with E-state index < -0.39 is 18.2 Å². The third-order valence-electron chi connectivity index (χ3n) is 2.16. The van der Waals surface area contributed by atoms with E-state index in [1.807, 2.05) is 0 Å². The minimum absolute atomic E-state index is 0.0326. The summed E-state index contributed by atoms with van der Waals surface area (Å²) in [4.78, 5) is 3.71. The summed E-state index contributed by atoms with van der Waals surface area (Å²) in [6, 6.07) is 5.01. The summed E-state index contributed by atoms with van der Waals surface area (Å²) < 4.78 is 31.9. The molecule has 0 saturated carbocycles. The van der Waals surface area contributed by atoms with Gasteiger partial charge in [-0.05, 0) is 34.1 Å². The summed E-state index contributed by atoms with van der Waals surface area (Å²) in [6.45, 7) is -0.424. The Bertz CT molecular complexity index is 578. The maximum atomic E-state index is 13.1. The standard InChI is InChI=1S/C12H8BrF2NO2/c13-10-2-1-8(14)4-11(10)18-12-7(6-17)3-9(15)5-16-12/h1-5,17H,6H2. The zero-order valence-corrected chi connectivity index (χ0v) is 10.6. The number of hydrogen-bond donors (Lipinski definition) is 1. The van der Waals surface area contributed by atoms with Crippen LogP contribution in [0.2, 0.25) is 0 Å². The minimum Gasteiger partial charge on any atom is -0.437 e. The lowest BCUT2D eigenvalue weighted by molar-refractivity contribution is 0.274. The zero-order valence-electron chi connectivity index (χ0n) is 9.03. The van der Waals surface area contributed by atoms with E-state index in [1.165, 1.54) is 12.1 Å². The molecular formula is C12H8BrF2NO2. The number of rotatable bonds is 3. The molecule has 0 fully saturated rings. The van der Waals surface area contributed by atoms with Crippen LogP contribution in [0, 0.1) is 11.6 Å². The summed E-state index contributed by atoms with van der Waals surface area (Å²) in [6.07, 6.45) is 0.960. The fourth-order valence-corrected chi connectivity index (χ4v) is 1.66. The molecule has 3 nitrogen and oxygen atoms in total. The molecule has 0 atom stereocenters. The predicted octanol–water partition coefficient (Wildman–Crippen LogP) is 3.41. The Hall–Kier alpha value is -1.53. The van der Waals surface area contributed by atoms with Crippen LogP contribution in [0.3, 0.4) is 0 Å². The number of hydrogen-bond acceptors (Lipinski definition) is 3. The average molecular weight is 316 g/mol. The molecule has 2 rings (SSSR count). The maximum absolute atomic E-state index is 13.1. The molecule has 1 aromatic heterocycles. The predicted molar refractivity (Wildman–Crippen MR) is 64.3 cm³/mol. The van der Waals surface area contributed by atoms with E-state index in [4.69, 9.17) is 9.84 Å². The highest BCUT2D eigenvalue weighted by molar-refractivity contribution is 9.10. The third kappa shape index (κ3) is 2.83. The first-order valence-electron chi connectivity index (χ1n) is 4.98. The molecule has 6 heteroatoms. The summed E-state index contributed by atoms with van der Waals surface area (Å²) in [5.41, 5.74) is 0.186. The average Bonchev–Trinajstić information content (AvgIpc) is 2.36. The smallest absolute Gasteiger partial charge is 0.224 e. The van der Waals surface area contributed by atoms with E-state index in [9.17, 15) is 8.78 Å². The first kappa shape index (κ1) is 12.9. The van der Waals surface area contributed by atoms with Crippen LogP contribution in [0.5, 0.6) is 11.6 Å². The molecule has 0 aliphatic rings. The van der Waals surface area contributed by atoms with Gasteiger partial charge in [-0.2, -0.15) is 0 Å². The molecule has 0 amide bonds. The second-order valence-corrected chi connectivity index (χ2v) is 4.31. The van der Waals surface area contributed by atoms with Crippen molar-refractivity contribution in [3.63, 3.8) is 0 Å². The van der Waals surface area contributed by atoms with Crippen LogP contribution in [0.1, 0.15) is 5.56 Å². The molecule has 18 heavy (non-hydrogen) atoms. The van der Waals surface area contributed by atoms with Crippen LogP contribution in [0.25, 0.3) is 0 Å². The van der Waals surface area contributed by atoms with E-state index in [0.29, 0.717) is 4.47 Å². The van der Waals surface area contributed by atoms with Crippen molar-refractivity contribution >= 4 is 15.9 Å². The first-order chi connectivity index (χ1) is 8.60. The minimum atomic E-state index is -0.579. The van der Waals surface area contributed by atoms with Gasteiger partial charge in [0.05, 0.1) is 17.3 Å². The molecule has 94 valence electrons. The number of ether oxygens (including phenoxy) is 1. The number of pyridine rings is 1. The van der Waals surface area contributed by atoms with Gasteiger partial charge in [0, 0.05) is 11.6 Å². The highest BCUT2D eigenvalue weighted by Crippen LogP contribution is 2.31. The molecule has 0 aliphatic heterocycles. The summed E-state index contributed by atoms with van der Waals surface area (Å²) in [5, 5.41) is 9.07. The van der Waals surface area contributed by atoms with Crippen molar-refractivity contribution in [2.75, 3.05) is 0 Å². The molecule has 2 aromatic rings. The van der Waals surface area contributed by atoms with Crippen molar-refractivity contribution in [2.24, 2.45) is 0 Å². The molecule has 1 heterocycles. The highest BCUT2D eigenvalue weighted by atomic mass is 79.9. The fraction of sp³-hybridized carbons (Fsp3) is 0.0833. The molecule has 0 bridgehead atoms. The second kappa shape index (κ2) is 5.41. The van der Waals surface area contributed by atoms with Crippen LogP contribution in [0.4, 0.5) is 8.78 Å². The van der Waals surface area contributed by atoms with Gasteiger partial charge in [-0.15, -0.1) is 0 Å². The topological polar surface area (TPSA) is 42.4 Å². The van der Waals surface area contributed by atoms with Crippen LogP contribution in [0.15, 0.2) is 34.9 Å². The maximum Gasteiger partial charge on any atom is 0.224 e. The molecule has 1 aromatic carbocycles. The SMILES string of the molecule is OCc1cc(F)cnc1Oc1cc(F)ccc1Br. The van der Waals surface area contributed by atoms with Gasteiger partial charge in [0.25, 0.3) is 0 Å². The molecular weight excluding hydrogens is 308 g/mol. The van der Waals surface area contributed by atoms with Crippen LogP contribution in [-0.2, 0) is 6.61 Å². The lowest BCUT2D eigenvalue weighted by Crippen LogP contribution is -1.97. The number of aromatic nitrogens is 1. The quantitative estimate of drug-likeness (QED) is 0.943.